The topological polar surface area (TPSA) is 70.7 Å². The molecule has 0 aromatic heterocycles. The number of hydrogen-bond acceptors (Lipinski definition) is 4. The molecule has 1 saturated heterocycles. The first kappa shape index (κ1) is 18.7. The van der Waals surface area contributed by atoms with Crippen molar-refractivity contribution in [1.82, 2.24) is 10.6 Å². The van der Waals surface area contributed by atoms with E-state index in [1.54, 1.807) is 7.11 Å². The highest BCUT2D eigenvalue weighted by Gasteiger charge is 2.33. The van der Waals surface area contributed by atoms with Crippen molar-refractivity contribution in [3.8, 4) is 0 Å². The number of carbonyl (C=O) groups is 2. The van der Waals surface area contributed by atoms with Gasteiger partial charge >= 0.3 is 0 Å². The van der Waals surface area contributed by atoms with Crippen molar-refractivity contribution < 1.29 is 14.3 Å². The van der Waals surface area contributed by atoms with Gasteiger partial charge in [0.25, 0.3) is 0 Å². The van der Waals surface area contributed by atoms with Gasteiger partial charge in [-0.1, -0.05) is 18.2 Å². The number of hydrogen-bond donors (Lipinski definition) is 2. The first-order valence-corrected chi connectivity index (χ1v) is 9.58. The fraction of sp³-hybridized carbons (Fsp3) is 0.600. The van der Waals surface area contributed by atoms with E-state index in [0.717, 1.165) is 25.9 Å². The highest BCUT2D eigenvalue weighted by Crippen LogP contribution is 2.26. The SMILES string of the molecule is COC[C@H]1NC(=O)CC[C@H]1C(=O)NCCCN1CCCc2ccccc21. The molecule has 1 aromatic rings. The van der Waals surface area contributed by atoms with E-state index in [1.165, 1.54) is 17.7 Å². The maximum absolute atomic E-state index is 12.5. The van der Waals surface area contributed by atoms with E-state index in [-0.39, 0.29) is 23.8 Å². The second-order valence-electron chi connectivity index (χ2n) is 7.14. The minimum atomic E-state index is -0.227. The van der Waals surface area contributed by atoms with Crippen molar-refractivity contribution in [3.63, 3.8) is 0 Å². The summed E-state index contributed by atoms with van der Waals surface area (Å²) in [6, 6.07) is 8.35. The molecule has 2 aliphatic heterocycles. The Kier molecular flexibility index (Phi) is 6.50. The van der Waals surface area contributed by atoms with Crippen LogP contribution in [0.1, 0.15) is 31.2 Å². The highest BCUT2D eigenvalue weighted by molar-refractivity contribution is 5.84. The number of benzene rings is 1. The monoisotopic (exact) mass is 359 g/mol. The third-order valence-corrected chi connectivity index (χ3v) is 5.31. The van der Waals surface area contributed by atoms with Gasteiger partial charge in [-0.3, -0.25) is 9.59 Å². The van der Waals surface area contributed by atoms with Crippen LogP contribution in [0.4, 0.5) is 5.69 Å². The molecule has 0 unspecified atom stereocenters. The molecule has 142 valence electrons. The van der Waals surface area contributed by atoms with Gasteiger partial charge in [-0.05, 0) is 37.3 Å². The number of aryl methyl sites for hydroxylation is 1. The molecule has 1 aromatic carbocycles. The van der Waals surface area contributed by atoms with Gasteiger partial charge in [0.05, 0.1) is 18.6 Å². The number of para-hydroxylation sites is 1. The molecule has 2 amide bonds. The second-order valence-corrected chi connectivity index (χ2v) is 7.14. The van der Waals surface area contributed by atoms with Crippen LogP contribution in [0.25, 0.3) is 0 Å². The van der Waals surface area contributed by atoms with Crippen LogP contribution in [0.15, 0.2) is 24.3 Å². The minimum Gasteiger partial charge on any atom is -0.383 e. The summed E-state index contributed by atoms with van der Waals surface area (Å²) in [5.74, 6) is -0.186. The molecule has 2 N–H and O–H groups in total. The normalized spacial score (nSPS) is 22.5. The van der Waals surface area contributed by atoms with Crippen LogP contribution in [0.5, 0.6) is 0 Å². The van der Waals surface area contributed by atoms with Gasteiger partial charge in [-0.15, -0.1) is 0 Å². The van der Waals surface area contributed by atoms with E-state index in [1.807, 2.05) is 0 Å². The number of nitrogens with zero attached hydrogens (tertiary/aromatic N) is 1. The third-order valence-electron chi connectivity index (χ3n) is 5.31. The first-order valence-electron chi connectivity index (χ1n) is 9.58. The van der Waals surface area contributed by atoms with Crippen molar-refractivity contribution in [3.05, 3.63) is 29.8 Å². The van der Waals surface area contributed by atoms with Gasteiger partial charge < -0.3 is 20.3 Å². The number of piperidine rings is 1. The van der Waals surface area contributed by atoms with Crippen LogP contribution in [0.2, 0.25) is 0 Å². The lowest BCUT2D eigenvalue weighted by Crippen LogP contribution is -2.52. The number of nitrogens with one attached hydrogen (secondary N) is 2. The molecule has 3 rings (SSSR count). The van der Waals surface area contributed by atoms with Gasteiger partial charge in [-0.25, -0.2) is 0 Å². The number of anilines is 1. The minimum absolute atomic E-state index is 0.000126. The summed E-state index contributed by atoms with van der Waals surface area (Å²) in [6.45, 7) is 3.05. The molecular formula is C20H29N3O3. The number of amides is 2. The fourth-order valence-corrected chi connectivity index (χ4v) is 3.97. The fourth-order valence-electron chi connectivity index (χ4n) is 3.97. The van der Waals surface area contributed by atoms with Crippen molar-refractivity contribution in [2.45, 2.75) is 38.1 Å². The molecule has 1 fully saturated rings. The van der Waals surface area contributed by atoms with E-state index >= 15 is 0 Å². The molecule has 0 saturated carbocycles. The molecule has 2 heterocycles. The number of fused-ring (bicyclic) bond motifs is 1. The van der Waals surface area contributed by atoms with Gasteiger partial charge in [0.1, 0.15) is 0 Å². The van der Waals surface area contributed by atoms with Gasteiger partial charge in [-0.2, -0.15) is 0 Å². The average Bonchev–Trinajstić information content (AvgIpc) is 2.65. The van der Waals surface area contributed by atoms with E-state index in [0.29, 0.717) is 26.0 Å². The molecule has 2 atom stereocenters. The number of methoxy groups -OCH3 is 1. The van der Waals surface area contributed by atoms with Crippen molar-refractivity contribution in [2.24, 2.45) is 5.92 Å². The summed E-state index contributed by atoms with van der Waals surface area (Å²) in [7, 11) is 1.59. The molecule has 2 aliphatic rings. The Hall–Kier alpha value is -2.08. The summed E-state index contributed by atoms with van der Waals surface area (Å²) in [6.07, 6.45) is 4.24. The van der Waals surface area contributed by atoms with Gasteiger partial charge in [0, 0.05) is 38.9 Å². The van der Waals surface area contributed by atoms with E-state index in [2.05, 4.69) is 39.8 Å². The zero-order chi connectivity index (χ0) is 18.4. The van der Waals surface area contributed by atoms with Crippen molar-refractivity contribution in [2.75, 3.05) is 38.3 Å². The summed E-state index contributed by atoms with van der Waals surface area (Å²) in [5.41, 5.74) is 2.75. The Bertz CT molecular complexity index is 634. The highest BCUT2D eigenvalue weighted by atomic mass is 16.5. The van der Waals surface area contributed by atoms with Gasteiger partial charge in [0.15, 0.2) is 0 Å². The molecular weight excluding hydrogens is 330 g/mol. The van der Waals surface area contributed by atoms with Gasteiger partial charge in [0.2, 0.25) is 11.8 Å². The lowest BCUT2D eigenvalue weighted by Gasteiger charge is -2.32. The quantitative estimate of drug-likeness (QED) is 0.724. The largest absolute Gasteiger partial charge is 0.383 e. The summed E-state index contributed by atoms with van der Waals surface area (Å²) >= 11 is 0. The van der Waals surface area contributed by atoms with Crippen molar-refractivity contribution >= 4 is 17.5 Å². The van der Waals surface area contributed by atoms with Crippen LogP contribution >= 0.6 is 0 Å². The first-order chi connectivity index (χ1) is 12.7. The smallest absolute Gasteiger partial charge is 0.225 e. The maximum atomic E-state index is 12.5. The lowest BCUT2D eigenvalue weighted by atomic mass is 9.90. The predicted molar refractivity (Wildman–Crippen MR) is 101 cm³/mol. The summed E-state index contributed by atoms with van der Waals surface area (Å²) < 4.78 is 5.15. The number of ether oxygens (including phenoxy) is 1. The Balaban J connectivity index is 1.45. The number of carbonyl (C=O) groups excluding carboxylic acids is 2. The van der Waals surface area contributed by atoms with Crippen LogP contribution in [0, 0.1) is 5.92 Å². The number of rotatable bonds is 7. The maximum Gasteiger partial charge on any atom is 0.225 e. The summed E-state index contributed by atoms with van der Waals surface area (Å²) in [4.78, 5) is 26.5. The zero-order valence-corrected chi connectivity index (χ0v) is 15.5. The average molecular weight is 359 g/mol. The predicted octanol–water partition coefficient (Wildman–Crippen LogP) is 1.49. The Morgan fingerprint density at radius 3 is 3.04 bits per heavy atom. The van der Waals surface area contributed by atoms with E-state index in [9.17, 15) is 9.59 Å². The van der Waals surface area contributed by atoms with E-state index in [4.69, 9.17) is 4.74 Å². The van der Waals surface area contributed by atoms with Crippen LogP contribution in [0.3, 0.4) is 0 Å². The molecule has 0 spiro atoms. The summed E-state index contributed by atoms with van der Waals surface area (Å²) in [5, 5.41) is 5.92. The molecule has 0 aliphatic carbocycles. The Morgan fingerprint density at radius 1 is 1.35 bits per heavy atom. The van der Waals surface area contributed by atoms with Crippen molar-refractivity contribution in [1.29, 1.82) is 0 Å². The van der Waals surface area contributed by atoms with E-state index < -0.39 is 0 Å². The standard InChI is InChI=1S/C20H29N3O3/c1-26-14-17-16(9-10-19(24)22-17)20(25)21-11-5-13-23-12-4-7-15-6-2-3-8-18(15)23/h2-3,6,8,16-17H,4-5,7,9-14H2,1H3,(H,21,25)(H,22,24)/t16-,17-/m1/s1. The van der Waals surface area contributed by atoms with Crippen LogP contribution in [-0.4, -0.2) is 51.2 Å². The van der Waals surface area contributed by atoms with Crippen LogP contribution in [-0.2, 0) is 20.7 Å². The Morgan fingerprint density at radius 2 is 2.19 bits per heavy atom. The Labute approximate surface area is 155 Å². The third kappa shape index (κ3) is 4.55. The molecule has 0 bridgehead atoms. The molecule has 26 heavy (non-hydrogen) atoms. The second kappa shape index (κ2) is 9.03. The molecule has 6 nitrogen and oxygen atoms in total. The van der Waals surface area contributed by atoms with Crippen LogP contribution < -0.4 is 15.5 Å². The zero-order valence-electron chi connectivity index (χ0n) is 15.5. The lowest BCUT2D eigenvalue weighted by molar-refractivity contribution is -0.132. The molecule has 6 heteroatoms. The molecule has 0 radical (unpaired) electrons.